The van der Waals surface area contributed by atoms with Crippen molar-refractivity contribution in [1.82, 2.24) is 10.3 Å². The van der Waals surface area contributed by atoms with E-state index in [4.69, 9.17) is 0 Å². The van der Waals surface area contributed by atoms with Gasteiger partial charge < -0.3 is 10.3 Å². The van der Waals surface area contributed by atoms with Gasteiger partial charge in [-0.2, -0.15) is 0 Å². The third-order valence-corrected chi connectivity index (χ3v) is 2.99. The molecule has 0 unspecified atom stereocenters. The van der Waals surface area contributed by atoms with Crippen molar-refractivity contribution >= 4 is 16.7 Å². The lowest BCUT2D eigenvalue weighted by Gasteiger charge is -2.11. The van der Waals surface area contributed by atoms with Crippen LogP contribution in [0.1, 0.15) is 12.5 Å². The normalized spacial score (nSPS) is 12.9. The van der Waals surface area contributed by atoms with E-state index in [9.17, 15) is 9.18 Å². The Hall–Kier alpha value is -1.68. The van der Waals surface area contributed by atoms with Crippen LogP contribution in [0.5, 0.6) is 0 Å². The minimum Gasteiger partial charge on any atom is -0.361 e. The highest BCUT2D eigenvalue weighted by atomic mass is 19.1. The first-order valence-electron chi connectivity index (χ1n) is 5.55. The Balaban J connectivity index is 2.33. The SMILES string of the molecule is CN[C@@H](Cc1c[nH]c2cc(F)ccc12)C(C)=O. The predicted octanol–water partition coefficient (Wildman–Crippen LogP) is 2.03. The molecule has 3 nitrogen and oxygen atoms in total. The molecule has 17 heavy (non-hydrogen) atoms. The van der Waals surface area contributed by atoms with E-state index < -0.39 is 0 Å². The number of likely N-dealkylation sites (N-methyl/N-ethyl adjacent to an activating group) is 1. The second kappa shape index (κ2) is 4.67. The second-order valence-corrected chi connectivity index (χ2v) is 4.16. The highest BCUT2D eigenvalue weighted by molar-refractivity contribution is 5.86. The van der Waals surface area contributed by atoms with E-state index in [1.165, 1.54) is 12.1 Å². The molecule has 0 amide bonds. The van der Waals surface area contributed by atoms with Gasteiger partial charge in [0.25, 0.3) is 0 Å². The number of rotatable bonds is 4. The molecule has 1 aromatic heterocycles. The number of Topliss-reactive ketones (excluding diaryl/α,β-unsaturated/α-hetero) is 1. The largest absolute Gasteiger partial charge is 0.361 e. The summed E-state index contributed by atoms with van der Waals surface area (Å²) in [5, 5.41) is 3.94. The Bertz CT molecular complexity index is 547. The zero-order valence-corrected chi connectivity index (χ0v) is 9.88. The van der Waals surface area contributed by atoms with E-state index >= 15 is 0 Å². The average molecular weight is 234 g/mol. The predicted molar refractivity (Wildman–Crippen MR) is 65.5 cm³/mol. The number of carbonyl (C=O) groups excluding carboxylic acids is 1. The molecule has 0 radical (unpaired) electrons. The second-order valence-electron chi connectivity index (χ2n) is 4.16. The summed E-state index contributed by atoms with van der Waals surface area (Å²) >= 11 is 0. The van der Waals surface area contributed by atoms with Gasteiger partial charge >= 0.3 is 0 Å². The summed E-state index contributed by atoms with van der Waals surface area (Å²) in [5.74, 6) is -0.161. The van der Waals surface area contributed by atoms with Crippen molar-refractivity contribution in [2.45, 2.75) is 19.4 Å². The van der Waals surface area contributed by atoms with Crippen LogP contribution < -0.4 is 5.32 Å². The van der Waals surface area contributed by atoms with Crippen molar-refractivity contribution in [2.24, 2.45) is 0 Å². The van der Waals surface area contributed by atoms with Gasteiger partial charge in [0.05, 0.1) is 6.04 Å². The molecule has 90 valence electrons. The van der Waals surface area contributed by atoms with Crippen molar-refractivity contribution in [3.63, 3.8) is 0 Å². The zero-order valence-electron chi connectivity index (χ0n) is 9.88. The smallest absolute Gasteiger partial charge is 0.147 e. The topological polar surface area (TPSA) is 44.9 Å². The van der Waals surface area contributed by atoms with Gasteiger partial charge in [0, 0.05) is 17.1 Å². The number of aromatic amines is 1. The molecule has 2 rings (SSSR count). The van der Waals surface area contributed by atoms with Gasteiger partial charge in [-0.1, -0.05) is 0 Å². The molecular weight excluding hydrogens is 219 g/mol. The van der Waals surface area contributed by atoms with E-state index in [0.717, 1.165) is 16.5 Å². The quantitative estimate of drug-likeness (QED) is 0.850. The van der Waals surface area contributed by atoms with Crippen LogP contribution in [0.3, 0.4) is 0 Å². The third-order valence-electron chi connectivity index (χ3n) is 2.99. The van der Waals surface area contributed by atoms with E-state index in [-0.39, 0.29) is 17.6 Å². The Kier molecular flexibility index (Phi) is 3.24. The molecule has 0 saturated heterocycles. The van der Waals surface area contributed by atoms with Crippen molar-refractivity contribution in [3.8, 4) is 0 Å². The van der Waals surface area contributed by atoms with Gasteiger partial charge in [0.2, 0.25) is 0 Å². The van der Waals surface area contributed by atoms with Crippen LogP contribution in [0, 0.1) is 5.82 Å². The number of fused-ring (bicyclic) bond motifs is 1. The monoisotopic (exact) mass is 234 g/mol. The summed E-state index contributed by atoms with van der Waals surface area (Å²) in [6, 6.07) is 4.44. The standard InChI is InChI=1S/C13H15FN2O/c1-8(17)12(15-2)5-9-7-16-13-6-10(14)3-4-11(9)13/h3-4,6-7,12,15-16H,5H2,1-2H3/t12-/m0/s1. The van der Waals surface area contributed by atoms with E-state index in [1.54, 1.807) is 20.0 Å². The van der Waals surface area contributed by atoms with Crippen LogP contribution in [0.15, 0.2) is 24.4 Å². The first-order valence-corrected chi connectivity index (χ1v) is 5.55. The number of benzene rings is 1. The molecule has 2 N–H and O–H groups in total. The minimum atomic E-state index is -0.261. The van der Waals surface area contributed by atoms with Crippen LogP contribution in [0.25, 0.3) is 10.9 Å². The molecule has 2 aromatic rings. The summed E-state index contributed by atoms with van der Waals surface area (Å²) in [5.41, 5.74) is 1.79. The van der Waals surface area contributed by atoms with Gasteiger partial charge in [0.1, 0.15) is 11.6 Å². The van der Waals surface area contributed by atoms with E-state index in [0.29, 0.717) is 6.42 Å². The first-order chi connectivity index (χ1) is 8.11. The van der Waals surface area contributed by atoms with Crippen LogP contribution in [0.2, 0.25) is 0 Å². The number of ketones is 1. The zero-order chi connectivity index (χ0) is 12.4. The molecule has 0 bridgehead atoms. The molecule has 0 aliphatic rings. The van der Waals surface area contributed by atoms with Crippen LogP contribution in [0.4, 0.5) is 4.39 Å². The maximum atomic E-state index is 13.0. The molecule has 0 fully saturated rings. The number of nitrogens with one attached hydrogen (secondary N) is 2. The third kappa shape index (κ3) is 2.36. The van der Waals surface area contributed by atoms with Crippen molar-refractivity contribution in [2.75, 3.05) is 7.05 Å². The van der Waals surface area contributed by atoms with Crippen molar-refractivity contribution < 1.29 is 9.18 Å². The number of hydrogen-bond acceptors (Lipinski definition) is 2. The lowest BCUT2D eigenvalue weighted by atomic mass is 10.0. The van der Waals surface area contributed by atoms with E-state index in [2.05, 4.69) is 10.3 Å². The molecule has 1 atom stereocenters. The summed E-state index contributed by atoms with van der Waals surface area (Å²) < 4.78 is 13.0. The Morgan fingerprint density at radius 2 is 2.29 bits per heavy atom. The van der Waals surface area contributed by atoms with Gasteiger partial charge in [-0.05, 0) is 44.2 Å². The first kappa shape index (κ1) is 11.8. The summed E-state index contributed by atoms with van der Waals surface area (Å²) in [4.78, 5) is 14.4. The van der Waals surface area contributed by atoms with Crippen molar-refractivity contribution in [1.29, 1.82) is 0 Å². The van der Waals surface area contributed by atoms with Gasteiger partial charge in [-0.15, -0.1) is 0 Å². The summed E-state index contributed by atoms with van der Waals surface area (Å²) in [6.07, 6.45) is 2.44. The van der Waals surface area contributed by atoms with Crippen molar-refractivity contribution in [3.05, 3.63) is 35.8 Å². The summed E-state index contributed by atoms with van der Waals surface area (Å²) in [6.45, 7) is 1.57. The minimum absolute atomic E-state index is 0.101. The fourth-order valence-corrected chi connectivity index (χ4v) is 2.00. The highest BCUT2D eigenvalue weighted by Gasteiger charge is 2.14. The lowest BCUT2D eigenvalue weighted by molar-refractivity contribution is -0.118. The Morgan fingerprint density at radius 3 is 2.94 bits per heavy atom. The van der Waals surface area contributed by atoms with Crippen LogP contribution in [-0.4, -0.2) is 23.9 Å². The maximum absolute atomic E-state index is 13.0. The van der Waals surface area contributed by atoms with Crippen LogP contribution in [-0.2, 0) is 11.2 Å². The lowest BCUT2D eigenvalue weighted by Crippen LogP contribution is -2.34. The number of aromatic nitrogens is 1. The van der Waals surface area contributed by atoms with Gasteiger partial charge in [0.15, 0.2) is 0 Å². The Labute approximate surface area is 99.0 Å². The van der Waals surface area contributed by atoms with Crippen LogP contribution >= 0.6 is 0 Å². The number of halogens is 1. The van der Waals surface area contributed by atoms with Gasteiger partial charge in [-0.25, -0.2) is 4.39 Å². The average Bonchev–Trinajstić information content (AvgIpc) is 2.67. The fourth-order valence-electron chi connectivity index (χ4n) is 2.00. The molecule has 0 aliphatic heterocycles. The molecule has 0 spiro atoms. The molecular formula is C13H15FN2O. The number of hydrogen-bond donors (Lipinski definition) is 2. The Morgan fingerprint density at radius 1 is 1.53 bits per heavy atom. The number of carbonyl (C=O) groups is 1. The van der Waals surface area contributed by atoms with Gasteiger partial charge in [-0.3, -0.25) is 4.79 Å². The highest BCUT2D eigenvalue weighted by Crippen LogP contribution is 2.20. The molecule has 0 saturated carbocycles. The summed E-state index contributed by atoms with van der Waals surface area (Å²) in [7, 11) is 1.76. The molecule has 0 aliphatic carbocycles. The maximum Gasteiger partial charge on any atom is 0.147 e. The molecule has 1 heterocycles. The van der Waals surface area contributed by atoms with E-state index in [1.807, 2.05) is 6.20 Å². The molecule has 4 heteroatoms. The fraction of sp³-hybridized carbons (Fsp3) is 0.308. The molecule has 1 aromatic carbocycles. The number of H-pyrrole nitrogens is 1.